The molecule has 1 unspecified atom stereocenters. The van der Waals surface area contributed by atoms with E-state index in [4.69, 9.17) is 9.47 Å². The standard InChI is InChI=1S/C16H25NO2/c1-13(2)19-11-10-17-9-5-8-16(17)14-6-4-7-15(12-14)18-3/h4,6-7,12-13,16H,5,8-11H2,1-3H3. The van der Waals surface area contributed by atoms with E-state index in [-0.39, 0.29) is 0 Å². The lowest BCUT2D eigenvalue weighted by Crippen LogP contribution is -2.28. The third-order valence-electron chi connectivity index (χ3n) is 3.67. The molecule has 19 heavy (non-hydrogen) atoms. The van der Waals surface area contributed by atoms with Crippen molar-refractivity contribution in [2.24, 2.45) is 0 Å². The van der Waals surface area contributed by atoms with Crippen molar-refractivity contribution in [3.63, 3.8) is 0 Å². The molecule has 2 rings (SSSR count). The van der Waals surface area contributed by atoms with E-state index in [1.54, 1.807) is 7.11 Å². The van der Waals surface area contributed by atoms with Crippen LogP contribution in [0.2, 0.25) is 0 Å². The van der Waals surface area contributed by atoms with Crippen LogP contribution >= 0.6 is 0 Å². The number of ether oxygens (including phenoxy) is 2. The van der Waals surface area contributed by atoms with Crippen LogP contribution in [-0.2, 0) is 4.74 Å². The first kappa shape index (κ1) is 14.4. The Balaban J connectivity index is 1.97. The molecular formula is C16H25NO2. The molecule has 1 saturated heterocycles. The highest BCUT2D eigenvalue weighted by Crippen LogP contribution is 2.32. The summed E-state index contributed by atoms with van der Waals surface area (Å²) < 4.78 is 11.0. The summed E-state index contributed by atoms with van der Waals surface area (Å²) in [5, 5.41) is 0. The van der Waals surface area contributed by atoms with Gasteiger partial charge in [0.25, 0.3) is 0 Å². The second-order valence-electron chi connectivity index (χ2n) is 5.39. The summed E-state index contributed by atoms with van der Waals surface area (Å²) in [6.45, 7) is 7.18. The molecular weight excluding hydrogens is 238 g/mol. The van der Waals surface area contributed by atoms with Crippen molar-refractivity contribution in [3.8, 4) is 5.75 Å². The third kappa shape index (κ3) is 3.95. The third-order valence-corrected chi connectivity index (χ3v) is 3.67. The summed E-state index contributed by atoms with van der Waals surface area (Å²) in [4.78, 5) is 2.52. The lowest BCUT2D eigenvalue weighted by Gasteiger charge is -2.25. The van der Waals surface area contributed by atoms with E-state index in [0.717, 1.165) is 18.9 Å². The van der Waals surface area contributed by atoms with E-state index in [1.165, 1.54) is 24.9 Å². The molecule has 1 aromatic rings. The summed E-state index contributed by atoms with van der Waals surface area (Å²) in [5.74, 6) is 0.947. The number of hydrogen-bond acceptors (Lipinski definition) is 3. The van der Waals surface area contributed by atoms with Crippen LogP contribution in [0.1, 0.15) is 38.3 Å². The smallest absolute Gasteiger partial charge is 0.119 e. The minimum atomic E-state index is 0.317. The molecule has 1 atom stereocenters. The highest BCUT2D eigenvalue weighted by Gasteiger charge is 2.25. The molecule has 3 heteroatoms. The van der Waals surface area contributed by atoms with Gasteiger partial charge < -0.3 is 9.47 Å². The van der Waals surface area contributed by atoms with E-state index in [1.807, 2.05) is 6.07 Å². The van der Waals surface area contributed by atoms with E-state index in [2.05, 4.69) is 36.9 Å². The van der Waals surface area contributed by atoms with E-state index >= 15 is 0 Å². The first-order chi connectivity index (χ1) is 9.20. The zero-order valence-corrected chi connectivity index (χ0v) is 12.3. The molecule has 0 saturated carbocycles. The van der Waals surface area contributed by atoms with E-state index in [9.17, 15) is 0 Å². The molecule has 1 aliphatic rings. The topological polar surface area (TPSA) is 21.7 Å². The van der Waals surface area contributed by atoms with Crippen LogP contribution in [0.25, 0.3) is 0 Å². The molecule has 0 aliphatic carbocycles. The van der Waals surface area contributed by atoms with Crippen LogP contribution in [0, 0.1) is 0 Å². The fourth-order valence-electron chi connectivity index (χ4n) is 2.73. The first-order valence-corrected chi connectivity index (χ1v) is 7.20. The number of nitrogens with zero attached hydrogens (tertiary/aromatic N) is 1. The average Bonchev–Trinajstić information content (AvgIpc) is 2.87. The Kier molecular flexibility index (Phi) is 5.23. The number of benzene rings is 1. The number of likely N-dealkylation sites (tertiary alicyclic amines) is 1. The van der Waals surface area contributed by atoms with Crippen molar-refractivity contribution in [3.05, 3.63) is 29.8 Å². The van der Waals surface area contributed by atoms with Gasteiger partial charge in [0.15, 0.2) is 0 Å². The first-order valence-electron chi connectivity index (χ1n) is 7.20. The Hall–Kier alpha value is -1.06. The van der Waals surface area contributed by atoms with Crippen LogP contribution < -0.4 is 4.74 Å². The Bertz CT molecular complexity index is 392. The SMILES string of the molecule is COc1cccc(C2CCCN2CCOC(C)C)c1. The summed E-state index contributed by atoms with van der Waals surface area (Å²) in [5.41, 5.74) is 1.36. The lowest BCUT2D eigenvalue weighted by atomic mass is 10.0. The molecule has 0 radical (unpaired) electrons. The minimum absolute atomic E-state index is 0.317. The number of hydrogen-bond donors (Lipinski definition) is 0. The normalized spacial score (nSPS) is 20.1. The zero-order valence-electron chi connectivity index (χ0n) is 12.3. The van der Waals surface area contributed by atoms with Gasteiger partial charge in [-0.1, -0.05) is 12.1 Å². The van der Waals surface area contributed by atoms with Crippen molar-refractivity contribution in [1.29, 1.82) is 0 Å². The van der Waals surface area contributed by atoms with Gasteiger partial charge in [0.2, 0.25) is 0 Å². The number of methoxy groups -OCH3 is 1. The molecule has 0 bridgehead atoms. The maximum Gasteiger partial charge on any atom is 0.119 e. The number of rotatable bonds is 6. The Labute approximate surface area is 116 Å². The van der Waals surface area contributed by atoms with Gasteiger partial charge in [-0.3, -0.25) is 4.90 Å². The second kappa shape index (κ2) is 6.92. The monoisotopic (exact) mass is 263 g/mol. The Morgan fingerprint density at radius 3 is 2.95 bits per heavy atom. The highest BCUT2D eigenvalue weighted by atomic mass is 16.5. The van der Waals surface area contributed by atoms with Crippen LogP contribution in [0.5, 0.6) is 5.75 Å². The van der Waals surface area contributed by atoms with Gasteiger partial charge in [-0.05, 0) is 50.9 Å². The van der Waals surface area contributed by atoms with E-state index < -0.39 is 0 Å². The fourth-order valence-corrected chi connectivity index (χ4v) is 2.73. The fraction of sp³-hybridized carbons (Fsp3) is 0.625. The van der Waals surface area contributed by atoms with Crippen LogP contribution in [0.15, 0.2) is 24.3 Å². The van der Waals surface area contributed by atoms with Gasteiger partial charge >= 0.3 is 0 Å². The van der Waals surface area contributed by atoms with Gasteiger partial charge in [0.05, 0.1) is 19.8 Å². The molecule has 3 nitrogen and oxygen atoms in total. The van der Waals surface area contributed by atoms with Gasteiger partial charge in [0.1, 0.15) is 5.75 Å². The molecule has 1 heterocycles. The van der Waals surface area contributed by atoms with Crippen LogP contribution in [0.3, 0.4) is 0 Å². The van der Waals surface area contributed by atoms with Gasteiger partial charge in [-0.15, -0.1) is 0 Å². The molecule has 1 aliphatic heterocycles. The predicted molar refractivity (Wildman–Crippen MR) is 77.6 cm³/mol. The van der Waals surface area contributed by atoms with Gasteiger partial charge in [-0.2, -0.15) is 0 Å². The zero-order chi connectivity index (χ0) is 13.7. The quantitative estimate of drug-likeness (QED) is 0.786. The predicted octanol–water partition coefficient (Wildman–Crippen LogP) is 3.26. The summed E-state index contributed by atoms with van der Waals surface area (Å²) in [6.07, 6.45) is 2.82. The molecule has 0 spiro atoms. The summed E-state index contributed by atoms with van der Waals surface area (Å²) >= 11 is 0. The van der Waals surface area contributed by atoms with Crippen molar-refractivity contribution in [2.75, 3.05) is 26.8 Å². The van der Waals surface area contributed by atoms with E-state index in [0.29, 0.717) is 12.1 Å². The highest BCUT2D eigenvalue weighted by molar-refractivity contribution is 5.31. The molecule has 1 aromatic carbocycles. The molecule has 1 fully saturated rings. The molecule has 0 N–H and O–H groups in total. The maximum atomic E-state index is 5.67. The summed E-state index contributed by atoms with van der Waals surface area (Å²) in [6, 6.07) is 8.96. The van der Waals surface area contributed by atoms with Crippen molar-refractivity contribution in [2.45, 2.75) is 38.8 Å². The Morgan fingerprint density at radius 1 is 1.37 bits per heavy atom. The second-order valence-corrected chi connectivity index (χ2v) is 5.39. The minimum Gasteiger partial charge on any atom is -0.497 e. The molecule has 106 valence electrons. The van der Waals surface area contributed by atoms with Crippen molar-refractivity contribution >= 4 is 0 Å². The largest absolute Gasteiger partial charge is 0.497 e. The molecule has 0 aromatic heterocycles. The van der Waals surface area contributed by atoms with Crippen molar-refractivity contribution in [1.82, 2.24) is 4.90 Å². The van der Waals surface area contributed by atoms with Crippen LogP contribution in [-0.4, -0.2) is 37.8 Å². The average molecular weight is 263 g/mol. The van der Waals surface area contributed by atoms with Crippen molar-refractivity contribution < 1.29 is 9.47 Å². The van der Waals surface area contributed by atoms with Crippen LogP contribution in [0.4, 0.5) is 0 Å². The molecule has 0 amide bonds. The lowest BCUT2D eigenvalue weighted by molar-refractivity contribution is 0.0563. The Morgan fingerprint density at radius 2 is 2.21 bits per heavy atom. The maximum absolute atomic E-state index is 5.67. The van der Waals surface area contributed by atoms with Gasteiger partial charge in [-0.25, -0.2) is 0 Å². The van der Waals surface area contributed by atoms with Gasteiger partial charge in [0, 0.05) is 12.6 Å². The summed E-state index contributed by atoms with van der Waals surface area (Å²) in [7, 11) is 1.72.